The van der Waals surface area contributed by atoms with Crippen LogP contribution in [0.5, 0.6) is 0 Å². The zero-order valence-corrected chi connectivity index (χ0v) is 12.8. The molecule has 3 rings (SSSR count). The van der Waals surface area contributed by atoms with Gasteiger partial charge in [-0.1, -0.05) is 12.1 Å². The number of ether oxygens (including phenoxy) is 1. The van der Waals surface area contributed by atoms with Crippen molar-refractivity contribution in [2.45, 2.75) is 25.9 Å². The molecule has 1 aromatic carbocycles. The smallest absolute Gasteiger partial charge is 0.256 e. The van der Waals surface area contributed by atoms with Gasteiger partial charge in [-0.2, -0.15) is 5.10 Å². The summed E-state index contributed by atoms with van der Waals surface area (Å²) in [5, 5.41) is 6.97. The van der Waals surface area contributed by atoms with Crippen LogP contribution in [-0.2, 0) is 14.3 Å². The molecule has 2 N–H and O–H groups in total. The van der Waals surface area contributed by atoms with Gasteiger partial charge >= 0.3 is 0 Å². The summed E-state index contributed by atoms with van der Waals surface area (Å²) >= 11 is 0. The normalized spacial score (nSPS) is 23.2. The van der Waals surface area contributed by atoms with Crippen LogP contribution in [0.15, 0.2) is 29.4 Å². The summed E-state index contributed by atoms with van der Waals surface area (Å²) in [5.74, 6) is 0.128. The Morgan fingerprint density at radius 2 is 2.00 bits per heavy atom. The highest BCUT2D eigenvalue weighted by molar-refractivity contribution is 6.09. The summed E-state index contributed by atoms with van der Waals surface area (Å²) in [7, 11) is 1.50. The first-order chi connectivity index (χ1) is 10.4. The van der Waals surface area contributed by atoms with Gasteiger partial charge in [0.15, 0.2) is 0 Å². The van der Waals surface area contributed by atoms with Crippen LogP contribution < -0.4 is 10.7 Å². The first kappa shape index (κ1) is 14.7. The molecule has 6 heteroatoms. The van der Waals surface area contributed by atoms with Gasteiger partial charge in [0.25, 0.3) is 5.91 Å². The maximum absolute atomic E-state index is 12.0. The third kappa shape index (κ3) is 2.62. The van der Waals surface area contributed by atoms with E-state index in [0.29, 0.717) is 5.69 Å². The molecule has 2 aliphatic rings. The van der Waals surface area contributed by atoms with Crippen molar-refractivity contribution in [3.05, 3.63) is 29.8 Å². The van der Waals surface area contributed by atoms with E-state index in [4.69, 9.17) is 4.74 Å². The second-order valence-corrected chi connectivity index (χ2v) is 6.17. The SMILES string of the molecule is COC(C)(C)C(=O)Nc1ccc(C2=NNC(=O)C3CC23)cc1. The molecule has 1 aliphatic carbocycles. The van der Waals surface area contributed by atoms with E-state index in [2.05, 4.69) is 15.8 Å². The third-order valence-electron chi connectivity index (χ3n) is 4.26. The molecule has 2 unspecified atom stereocenters. The summed E-state index contributed by atoms with van der Waals surface area (Å²) in [6.45, 7) is 3.42. The van der Waals surface area contributed by atoms with E-state index in [1.165, 1.54) is 7.11 Å². The molecular formula is C16H19N3O3. The summed E-state index contributed by atoms with van der Waals surface area (Å²) in [6.07, 6.45) is 0.866. The van der Waals surface area contributed by atoms with Gasteiger partial charge < -0.3 is 10.1 Å². The van der Waals surface area contributed by atoms with Gasteiger partial charge in [0.1, 0.15) is 5.60 Å². The predicted molar refractivity (Wildman–Crippen MR) is 82.4 cm³/mol. The van der Waals surface area contributed by atoms with Crippen molar-refractivity contribution in [1.29, 1.82) is 0 Å². The van der Waals surface area contributed by atoms with Crippen molar-refractivity contribution in [1.82, 2.24) is 5.43 Å². The minimum absolute atomic E-state index is 0.0134. The average molecular weight is 301 g/mol. The highest BCUT2D eigenvalue weighted by Gasteiger charge is 2.49. The lowest BCUT2D eigenvalue weighted by molar-refractivity contribution is -0.133. The summed E-state index contributed by atoms with van der Waals surface area (Å²) in [6, 6.07) is 7.47. The second-order valence-electron chi connectivity index (χ2n) is 6.17. The molecule has 0 bridgehead atoms. The minimum atomic E-state index is -0.877. The van der Waals surface area contributed by atoms with Gasteiger partial charge in [0.05, 0.1) is 5.71 Å². The molecule has 22 heavy (non-hydrogen) atoms. The zero-order chi connectivity index (χ0) is 15.9. The summed E-state index contributed by atoms with van der Waals surface area (Å²) in [5.41, 5.74) is 4.27. The van der Waals surface area contributed by atoms with Gasteiger partial charge in [-0.3, -0.25) is 9.59 Å². The topological polar surface area (TPSA) is 79.8 Å². The van der Waals surface area contributed by atoms with E-state index in [1.54, 1.807) is 13.8 Å². The molecule has 0 radical (unpaired) electrons. The van der Waals surface area contributed by atoms with Crippen LogP contribution in [0.25, 0.3) is 0 Å². The Morgan fingerprint density at radius 3 is 2.64 bits per heavy atom. The van der Waals surface area contributed by atoms with Gasteiger partial charge in [0.2, 0.25) is 5.91 Å². The Morgan fingerprint density at radius 1 is 1.32 bits per heavy atom. The monoisotopic (exact) mass is 301 g/mol. The van der Waals surface area contributed by atoms with Gasteiger partial charge in [-0.25, -0.2) is 5.43 Å². The number of fused-ring (bicyclic) bond motifs is 1. The Kier molecular flexibility index (Phi) is 3.48. The average Bonchev–Trinajstić information content (AvgIpc) is 3.30. The van der Waals surface area contributed by atoms with Crippen molar-refractivity contribution in [2.75, 3.05) is 12.4 Å². The molecule has 0 aromatic heterocycles. The number of hydrogen-bond acceptors (Lipinski definition) is 4. The predicted octanol–water partition coefficient (Wildman–Crippen LogP) is 1.52. The molecule has 6 nitrogen and oxygen atoms in total. The maximum atomic E-state index is 12.0. The number of hydrogen-bond donors (Lipinski definition) is 2. The first-order valence-electron chi connectivity index (χ1n) is 7.27. The number of nitrogens with one attached hydrogen (secondary N) is 2. The van der Waals surface area contributed by atoms with Crippen LogP contribution in [0, 0.1) is 11.8 Å². The summed E-state index contributed by atoms with van der Waals surface area (Å²) in [4.78, 5) is 23.5. The first-order valence-corrected chi connectivity index (χ1v) is 7.27. The fraction of sp³-hybridized carbons (Fsp3) is 0.438. The van der Waals surface area contributed by atoms with E-state index in [-0.39, 0.29) is 23.7 Å². The molecule has 0 spiro atoms. The Labute approximate surface area is 128 Å². The number of methoxy groups -OCH3 is 1. The van der Waals surface area contributed by atoms with E-state index < -0.39 is 5.60 Å². The third-order valence-corrected chi connectivity index (χ3v) is 4.26. The Hall–Kier alpha value is -2.21. The maximum Gasteiger partial charge on any atom is 0.256 e. The van der Waals surface area contributed by atoms with Gasteiger partial charge in [-0.05, 0) is 38.0 Å². The number of carbonyl (C=O) groups is 2. The number of nitrogens with zero attached hydrogens (tertiary/aromatic N) is 1. The Bertz CT molecular complexity index is 649. The Balaban J connectivity index is 1.71. The molecule has 1 aliphatic heterocycles. The van der Waals surface area contributed by atoms with Crippen LogP contribution >= 0.6 is 0 Å². The number of rotatable bonds is 4. The van der Waals surface area contributed by atoms with Crippen LogP contribution in [-0.4, -0.2) is 30.2 Å². The number of amides is 2. The highest BCUT2D eigenvalue weighted by Crippen LogP contribution is 2.43. The molecule has 2 atom stereocenters. The molecular weight excluding hydrogens is 282 g/mol. The van der Waals surface area contributed by atoms with Crippen molar-refractivity contribution >= 4 is 23.2 Å². The van der Waals surface area contributed by atoms with Crippen LogP contribution in [0.3, 0.4) is 0 Å². The van der Waals surface area contributed by atoms with E-state index in [0.717, 1.165) is 17.7 Å². The molecule has 1 aromatic rings. The van der Waals surface area contributed by atoms with Crippen LogP contribution in [0.2, 0.25) is 0 Å². The minimum Gasteiger partial charge on any atom is -0.369 e. The van der Waals surface area contributed by atoms with Gasteiger partial charge in [-0.15, -0.1) is 0 Å². The largest absolute Gasteiger partial charge is 0.369 e. The molecule has 1 heterocycles. The van der Waals surface area contributed by atoms with E-state index >= 15 is 0 Å². The van der Waals surface area contributed by atoms with E-state index in [9.17, 15) is 9.59 Å². The molecule has 1 fully saturated rings. The molecule has 1 saturated carbocycles. The number of hydrazone groups is 1. The highest BCUT2D eigenvalue weighted by atomic mass is 16.5. The zero-order valence-electron chi connectivity index (χ0n) is 12.8. The van der Waals surface area contributed by atoms with Crippen molar-refractivity contribution in [3.8, 4) is 0 Å². The van der Waals surface area contributed by atoms with Crippen molar-refractivity contribution in [2.24, 2.45) is 16.9 Å². The lowest BCUT2D eigenvalue weighted by atomic mass is 10.0. The van der Waals surface area contributed by atoms with E-state index in [1.807, 2.05) is 24.3 Å². The number of anilines is 1. The number of benzene rings is 1. The van der Waals surface area contributed by atoms with Crippen LogP contribution in [0.1, 0.15) is 25.8 Å². The van der Waals surface area contributed by atoms with Crippen molar-refractivity contribution < 1.29 is 14.3 Å². The number of carbonyl (C=O) groups excluding carboxylic acids is 2. The molecule has 2 amide bonds. The molecule has 0 saturated heterocycles. The molecule has 116 valence electrons. The second kappa shape index (κ2) is 5.21. The van der Waals surface area contributed by atoms with Crippen molar-refractivity contribution in [3.63, 3.8) is 0 Å². The summed E-state index contributed by atoms with van der Waals surface area (Å²) < 4.78 is 5.15. The fourth-order valence-electron chi connectivity index (χ4n) is 2.45. The fourth-order valence-corrected chi connectivity index (χ4v) is 2.45. The lowest BCUT2D eigenvalue weighted by Crippen LogP contribution is -2.38. The lowest BCUT2D eigenvalue weighted by Gasteiger charge is -2.21. The quantitative estimate of drug-likeness (QED) is 0.885. The van der Waals surface area contributed by atoms with Gasteiger partial charge in [0, 0.05) is 24.6 Å². The standard InChI is InChI=1S/C16H19N3O3/c1-16(2,22-3)15(21)17-10-6-4-9(5-7-10)13-11-8-12(11)14(20)19-18-13/h4-7,11-12H,8H2,1-3H3,(H,17,21)(H,19,20). The van der Waals surface area contributed by atoms with Crippen LogP contribution in [0.4, 0.5) is 5.69 Å².